The molecule has 26 heavy (non-hydrogen) atoms. The first-order chi connectivity index (χ1) is 12.8. The smallest absolute Gasteiger partial charge is 0.317 e. The number of piperidine rings is 1. The van der Waals surface area contributed by atoms with Crippen LogP contribution in [-0.2, 0) is 0 Å². The van der Waals surface area contributed by atoms with Crippen LogP contribution < -0.4 is 10.1 Å². The fourth-order valence-corrected chi connectivity index (χ4v) is 3.78. The molecule has 0 atom stereocenters. The van der Waals surface area contributed by atoms with E-state index in [1.165, 1.54) is 25.7 Å². The highest BCUT2D eigenvalue weighted by molar-refractivity contribution is 5.74. The van der Waals surface area contributed by atoms with E-state index in [1.807, 2.05) is 4.90 Å². The molecule has 3 rings (SSSR count). The SMILES string of the molecule is N#Cc1cccnc1OCC1CCN(C(=O)NC2CCCCCC2)CC1. The van der Waals surface area contributed by atoms with Crippen LogP contribution in [0.4, 0.5) is 4.79 Å². The van der Waals surface area contributed by atoms with Crippen molar-refractivity contribution in [3.05, 3.63) is 23.9 Å². The van der Waals surface area contributed by atoms with Gasteiger partial charge in [-0.1, -0.05) is 25.7 Å². The molecule has 0 aromatic carbocycles. The fourth-order valence-electron chi connectivity index (χ4n) is 3.78. The highest BCUT2D eigenvalue weighted by atomic mass is 16.5. The maximum absolute atomic E-state index is 12.5. The van der Waals surface area contributed by atoms with E-state index in [0.29, 0.717) is 30.0 Å². The minimum atomic E-state index is 0.0905. The second-order valence-electron chi connectivity index (χ2n) is 7.35. The molecule has 1 saturated carbocycles. The lowest BCUT2D eigenvalue weighted by Crippen LogP contribution is -2.48. The van der Waals surface area contributed by atoms with Gasteiger partial charge in [-0.3, -0.25) is 0 Å². The van der Waals surface area contributed by atoms with Crippen LogP contribution in [0.15, 0.2) is 18.3 Å². The first kappa shape index (κ1) is 18.5. The van der Waals surface area contributed by atoms with Gasteiger partial charge in [0.25, 0.3) is 0 Å². The molecule has 1 N–H and O–H groups in total. The number of nitriles is 1. The Hall–Kier alpha value is -2.29. The lowest BCUT2D eigenvalue weighted by Gasteiger charge is -2.33. The molecule has 0 bridgehead atoms. The summed E-state index contributed by atoms with van der Waals surface area (Å²) in [4.78, 5) is 18.5. The van der Waals surface area contributed by atoms with Crippen molar-refractivity contribution in [2.75, 3.05) is 19.7 Å². The third-order valence-electron chi connectivity index (χ3n) is 5.43. The van der Waals surface area contributed by atoms with Gasteiger partial charge in [-0.2, -0.15) is 5.26 Å². The molecule has 2 amide bonds. The van der Waals surface area contributed by atoms with Gasteiger partial charge in [-0.05, 0) is 43.7 Å². The summed E-state index contributed by atoms with van der Waals surface area (Å²) in [6.07, 6.45) is 10.7. The summed E-state index contributed by atoms with van der Waals surface area (Å²) >= 11 is 0. The number of likely N-dealkylation sites (tertiary alicyclic amines) is 1. The number of carbonyl (C=O) groups excluding carboxylic acids is 1. The second-order valence-corrected chi connectivity index (χ2v) is 7.35. The monoisotopic (exact) mass is 356 g/mol. The van der Waals surface area contributed by atoms with Gasteiger partial charge in [0.05, 0.1) is 6.61 Å². The van der Waals surface area contributed by atoms with Gasteiger partial charge in [0.1, 0.15) is 11.6 Å². The Bertz CT molecular complexity index is 627. The summed E-state index contributed by atoms with van der Waals surface area (Å²) in [5, 5.41) is 12.3. The fraction of sp³-hybridized carbons (Fsp3) is 0.650. The number of carbonyl (C=O) groups is 1. The van der Waals surface area contributed by atoms with Crippen molar-refractivity contribution >= 4 is 6.03 Å². The number of nitrogens with zero attached hydrogens (tertiary/aromatic N) is 3. The van der Waals surface area contributed by atoms with Crippen molar-refractivity contribution in [1.29, 1.82) is 5.26 Å². The van der Waals surface area contributed by atoms with Crippen LogP contribution in [0.25, 0.3) is 0 Å². The topological polar surface area (TPSA) is 78.2 Å². The Morgan fingerprint density at radius 2 is 1.96 bits per heavy atom. The summed E-state index contributed by atoms with van der Waals surface area (Å²) in [5.74, 6) is 0.800. The van der Waals surface area contributed by atoms with Gasteiger partial charge < -0.3 is 15.0 Å². The van der Waals surface area contributed by atoms with E-state index in [-0.39, 0.29) is 6.03 Å². The summed E-state index contributed by atoms with van der Waals surface area (Å²) in [6.45, 7) is 2.07. The Morgan fingerprint density at radius 3 is 2.65 bits per heavy atom. The summed E-state index contributed by atoms with van der Waals surface area (Å²) < 4.78 is 5.75. The van der Waals surface area contributed by atoms with Crippen molar-refractivity contribution in [2.45, 2.75) is 57.4 Å². The Balaban J connectivity index is 1.41. The average Bonchev–Trinajstić information content (AvgIpc) is 2.95. The van der Waals surface area contributed by atoms with Crippen LogP contribution in [0.1, 0.15) is 56.9 Å². The van der Waals surface area contributed by atoms with Crippen LogP contribution in [0, 0.1) is 17.2 Å². The van der Waals surface area contributed by atoms with Crippen molar-refractivity contribution in [3.8, 4) is 11.9 Å². The third-order valence-corrected chi connectivity index (χ3v) is 5.43. The normalized spacial score (nSPS) is 19.4. The van der Waals surface area contributed by atoms with Gasteiger partial charge in [0.2, 0.25) is 5.88 Å². The zero-order valence-electron chi connectivity index (χ0n) is 15.3. The largest absolute Gasteiger partial charge is 0.476 e. The second kappa shape index (κ2) is 9.42. The summed E-state index contributed by atoms with van der Waals surface area (Å²) in [6, 6.07) is 5.98. The highest BCUT2D eigenvalue weighted by Crippen LogP contribution is 2.21. The number of urea groups is 1. The maximum Gasteiger partial charge on any atom is 0.317 e. The van der Waals surface area contributed by atoms with Crippen molar-refractivity contribution < 1.29 is 9.53 Å². The highest BCUT2D eigenvalue weighted by Gasteiger charge is 2.25. The number of hydrogen-bond donors (Lipinski definition) is 1. The minimum Gasteiger partial charge on any atom is -0.476 e. The van der Waals surface area contributed by atoms with E-state index < -0.39 is 0 Å². The predicted molar refractivity (Wildman–Crippen MR) is 98.8 cm³/mol. The van der Waals surface area contributed by atoms with Crippen molar-refractivity contribution in [1.82, 2.24) is 15.2 Å². The van der Waals surface area contributed by atoms with Gasteiger partial charge in [-0.25, -0.2) is 9.78 Å². The number of hydrogen-bond acceptors (Lipinski definition) is 4. The van der Waals surface area contributed by atoms with Crippen LogP contribution in [0.2, 0.25) is 0 Å². The first-order valence-electron chi connectivity index (χ1n) is 9.79. The van der Waals surface area contributed by atoms with Gasteiger partial charge >= 0.3 is 6.03 Å². The quantitative estimate of drug-likeness (QED) is 0.838. The van der Waals surface area contributed by atoms with E-state index in [2.05, 4.69) is 16.4 Å². The van der Waals surface area contributed by atoms with Gasteiger partial charge in [0, 0.05) is 25.3 Å². The van der Waals surface area contributed by atoms with E-state index in [1.54, 1.807) is 18.3 Å². The minimum absolute atomic E-state index is 0.0905. The van der Waals surface area contributed by atoms with Gasteiger partial charge in [0.15, 0.2) is 0 Å². The van der Waals surface area contributed by atoms with Gasteiger partial charge in [-0.15, -0.1) is 0 Å². The van der Waals surface area contributed by atoms with Crippen LogP contribution in [0.5, 0.6) is 5.88 Å². The molecule has 6 heteroatoms. The van der Waals surface area contributed by atoms with E-state index in [9.17, 15) is 4.79 Å². The van der Waals surface area contributed by atoms with Crippen molar-refractivity contribution in [3.63, 3.8) is 0 Å². The Kier molecular flexibility index (Phi) is 6.70. The summed E-state index contributed by atoms with van der Waals surface area (Å²) in [5.41, 5.74) is 0.465. The number of ether oxygens (including phenoxy) is 1. The van der Waals surface area contributed by atoms with Crippen LogP contribution >= 0.6 is 0 Å². The summed E-state index contributed by atoms with van der Waals surface area (Å²) in [7, 11) is 0. The Morgan fingerprint density at radius 1 is 1.23 bits per heavy atom. The molecule has 6 nitrogen and oxygen atoms in total. The number of aromatic nitrogens is 1. The van der Waals surface area contributed by atoms with Crippen LogP contribution in [-0.4, -0.2) is 41.7 Å². The predicted octanol–water partition coefficient (Wildman–Crippen LogP) is 3.48. The third kappa shape index (κ3) is 5.10. The number of pyridine rings is 1. The van der Waals surface area contributed by atoms with E-state index >= 15 is 0 Å². The molecular formula is C20H28N4O2. The average molecular weight is 356 g/mol. The van der Waals surface area contributed by atoms with E-state index in [4.69, 9.17) is 10.00 Å². The molecule has 2 fully saturated rings. The molecule has 2 heterocycles. The zero-order valence-corrected chi connectivity index (χ0v) is 15.3. The zero-order chi connectivity index (χ0) is 18.2. The lowest BCUT2D eigenvalue weighted by molar-refractivity contribution is 0.141. The molecule has 0 unspecified atom stereocenters. The number of amides is 2. The number of nitrogens with one attached hydrogen (secondary N) is 1. The number of rotatable bonds is 4. The molecule has 0 radical (unpaired) electrons. The molecular weight excluding hydrogens is 328 g/mol. The molecule has 0 spiro atoms. The Labute approximate surface area is 155 Å². The van der Waals surface area contributed by atoms with Crippen molar-refractivity contribution in [2.24, 2.45) is 5.92 Å². The molecule has 1 aromatic heterocycles. The molecule has 1 aliphatic carbocycles. The maximum atomic E-state index is 12.5. The molecule has 1 saturated heterocycles. The molecule has 140 valence electrons. The standard InChI is InChI=1S/C20H28N4O2/c21-14-17-6-5-11-22-19(17)26-15-16-9-12-24(13-10-16)20(25)23-18-7-3-1-2-4-8-18/h5-6,11,16,18H,1-4,7-10,12-13,15H2,(H,23,25). The van der Waals surface area contributed by atoms with Crippen LogP contribution in [0.3, 0.4) is 0 Å². The van der Waals surface area contributed by atoms with E-state index in [0.717, 1.165) is 38.8 Å². The molecule has 2 aliphatic rings. The molecule has 1 aliphatic heterocycles. The molecule has 1 aromatic rings. The lowest BCUT2D eigenvalue weighted by atomic mass is 9.98. The first-order valence-corrected chi connectivity index (χ1v) is 9.79.